The van der Waals surface area contributed by atoms with E-state index < -0.39 is 5.54 Å². The molecule has 1 N–H and O–H groups in total. The molecule has 0 saturated heterocycles. The molecule has 0 bridgehead atoms. The van der Waals surface area contributed by atoms with Crippen molar-refractivity contribution in [3.8, 4) is 0 Å². The van der Waals surface area contributed by atoms with Gasteiger partial charge in [-0.05, 0) is 16.7 Å². The van der Waals surface area contributed by atoms with Crippen LogP contribution in [0.25, 0.3) is 0 Å². The van der Waals surface area contributed by atoms with Gasteiger partial charge >= 0.3 is 0 Å². The third kappa shape index (κ3) is 3.38. The summed E-state index contributed by atoms with van der Waals surface area (Å²) >= 11 is 0. The summed E-state index contributed by atoms with van der Waals surface area (Å²) in [6.07, 6.45) is 1.90. The molecule has 25 heavy (non-hydrogen) atoms. The molecule has 0 saturated carbocycles. The van der Waals surface area contributed by atoms with Crippen LogP contribution in [0.3, 0.4) is 0 Å². The van der Waals surface area contributed by atoms with Gasteiger partial charge in [-0.3, -0.25) is 4.79 Å². The summed E-state index contributed by atoms with van der Waals surface area (Å²) in [5.74, 6) is -0.0634. The minimum atomic E-state index is -0.746. The van der Waals surface area contributed by atoms with Crippen molar-refractivity contribution in [2.45, 2.75) is 12.0 Å². The topological polar surface area (TPSA) is 29.1 Å². The monoisotopic (exact) mass is 327 g/mol. The summed E-state index contributed by atoms with van der Waals surface area (Å²) in [5.41, 5.74) is 2.31. The molecule has 3 aromatic carbocycles. The summed E-state index contributed by atoms with van der Waals surface area (Å²) < 4.78 is 0. The van der Waals surface area contributed by atoms with Gasteiger partial charge in [0.05, 0.1) is 0 Å². The second-order valence-electron chi connectivity index (χ2n) is 5.89. The number of carbonyl (C=O) groups is 1. The molecule has 0 heterocycles. The Hall–Kier alpha value is -3.13. The van der Waals surface area contributed by atoms with Gasteiger partial charge in [0.2, 0.25) is 5.91 Å². The van der Waals surface area contributed by atoms with E-state index in [-0.39, 0.29) is 12.3 Å². The summed E-state index contributed by atoms with van der Waals surface area (Å²) in [7, 11) is 0. The maximum Gasteiger partial charge on any atom is 0.225 e. The quantitative estimate of drug-likeness (QED) is 0.517. The van der Waals surface area contributed by atoms with E-state index in [1.165, 1.54) is 0 Å². The molecule has 0 aliphatic rings. The molecule has 0 aromatic heterocycles. The van der Waals surface area contributed by atoms with Crippen LogP contribution in [0.2, 0.25) is 0 Å². The number of amides is 1. The van der Waals surface area contributed by atoms with Gasteiger partial charge < -0.3 is 5.32 Å². The zero-order valence-electron chi connectivity index (χ0n) is 14.1. The Bertz CT molecular complexity index is 729. The second-order valence-corrected chi connectivity index (χ2v) is 5.89. The summed E-state index contributed by atoms with van der Waals surface area (Å²) in [4.78, 5) is 12.6. The third-order valence-electron chi connectivity index (χ3n) is 4.28. The van der Waals surface area contributed by atoms with Gasteiger partial charge in [0, 0.05) is 6.42 Å². The summed E-state index contributed by atoms with van der Waals surface area (Å²) in [5, 5.41) is 3.27. The maximum atomic E-state index is 12.6. The number of benzene rings is 3. The standard InChI is InChI=1S/C23H21NO/c1-2-12-22(25)24-23(19-13-6-3-7-14-19,20-15-8-4-9-16-20)21-17-10-5-11-18-21/h2-11,13-18H,1,12H2,(H,24,25). The lowest BCUT2D eigenvalue weighted by atomic mass is 9.77. The van der Waals surface area contributed by atoms with Gasteiger partial charge in [0.15, 0.2) is 0 Å². The molecule has 0 fully saturated rings. The number of hydrogen-bond donors (Lipinski definition) is 1. The maximum absolute atomic E-state index is 12.6. The van der Waals surface area contributed by atoms with Gasteiger partial charge in [0.1, 0.15) is 5.54 Å². The molecular formula is C23H21NO. The van der Waals surface area contributed by atoms with Crippen molar-refractivity contribution in [3.05, 3.63) is 120 Å². The van der Waals surface area contributed by atoms with E-state index in [1.807, 2.05) is 91.0 Å². The minimum absolute atomic E-state index is 0.0634. The normalized spacial score (nSPS) is 10.9. The smallest absolute Gasteiger partial charge is 0.225 e. The van der Waals surface area contributed by atoms with Crippen molar-refractivity contribution in [3.63, 3.8) is 0 Å². The van der Waals surface area contributed by atoms with Gasteiger partial charge in [-0.1, -0.05) is 97.1 Å². The molecule has 0 aliphatic heterocycles. The molecule has 3 rings (SSSR count). The number of rotatable bonds is 6. The molecule has 0 atom stereocenters. The van der Waals surface area contributed by atoms with E-state index in [1.54, 1.807) is 6.08 Å². The first-order valence-electron chi connectivity index (χ1n) is 8.36. The van der Waals surface area contributed by atoms with Crippen LogP contribution in [-0.4, -0.2) is 5.91 Å². The van der Waals surface area contributed by atoms with Crippen LogP contribution < -0.4 is 5.32 Å². The highest BCUT2D eigenvalue weighted by atomic mass is 16.1. The first kappa shape index (κ1) is 16.7. The largest absolute Gasteiger partial charge is 0.338 e. The Kier molecular flexibility index (Phi) is 5.10. The fourth-order valence-electron chi connectivity index (χ4n) is 3.17. The van der Waals surface area contributed by atoms with Crippen LogP contribution in [0.15, 0.2) is 104 Å². The fourth-order valence-corrected chi connectivity index (χ4v) is 3.17. The third-order valence-corrected chi connectivity index (χ3v) is 4.28. The first-order chi connectivity index (χ1) is 12.3. The van der Waals surface area contributed by atoms with Crippen molar-refractivity contribution < 1.29 is 4.79 Å². The van der Waals surface area contributed by atoms with Crippen LogP contribution in [0.5, 0.6) is 0 Å². The SMILES string of the molecule is C=CCC(=O)NC(c1ccccc1)(c1ccccc1)c1ccccc1. The van der Waals surface area contributed by atoms with Crippen LogP contribution in [0, 0.1) is 0 Å². The minimum Gasteiger partial charge on any atom is -0.338 e. The highest BCUT2D eigenvalue weighted by molar-refractivity contribution is 5.80. The second kappa shape index (κ2) is 7.63. The van der Waals surface area contributed by atoms with E-state index in [2.05, 4.69) is 11.9 Å². The molecule has 0 aliphatic carbocycles. The Labute approximate surface area is 148 Å². The Morgan fingerprint density at radius 2 is 1.12 bits per heavy atom. The molecule has 2 heteroatoms. The van der Waals surface area contributed by atoms with Gasteiger partial charge in [-0.25, -0.2) is 0 Å². The number of nitrogens with one attached hydrogen (secondary N) is 1. The van der Waals surface area contributed by atoms with Crippen LogP contribution in [-0.2, 0) is 10.3 Å². The summed E-state index contributed by atoms with van der Waals surface area (Å²) in [6.45, 7) is 3.69. The highest BCUT2D eigenvalue weighted by Crippen LogP contribution is 2.36. The molecule has 0 spiro atoms. The molecule has 1 amide bonds. The molecule has 124 valence electrons. The van der Waals surface area contributed by atoms with Crippen LogP contribution in [0.4, 0.5) is 0 Å². The van der Waals surface area contributed by atoms with Crippen molar-refractivity contribution in [2.24, 2.45) is 0 Å². The van der Waals surface area contributed by atoms with Crippen LogP contribution >= 0.6 is 0 Å². The Morgan fingerprint density at radius 1 is 0.760 bits per heavy atom. The first-order valence-corrected chi connectivity index (χ1v) is 8.36. The predicted octanol–water partition coefficient (Wildman–Crippen LogP) is 4.67. The lowest BCUT2D eigenvalue weighted by Crippen LogP contribution is -2.47. The lowest BCUT2D eigenvalue weighted by Gasteiger charge is -2.36. The van der Waals surface area contributed by atoms with Gasteiger partial charge in [-0.2, -0.15) is 0 Å². The van der Waals surface area contributed by atoms with E-state index in [4.69, 9.17) is 0 Å². The zero-order chi connectivity index (χ0) is 17.5. The molecule has 0 radical (unpaired) electrons. The van der Waals surface area contributed by atoms with E-state index >= 15 is 0 Å². The summed E-state index contributed by atoms with van der Waals surface area (Å²) in [6, 6.07) is 30.2. The van der Waals surface area contributed by atoms with Crippen molar-refractivity contribution in [1.29, 1.82) is 0 Å². The van der Waals surface area contributed by atoms with Gasteiger partial charge in [-0.15, -0.1) is 6.58 Å². The van der Waals surface area contributed by atoms with Crippen molar-refractivity contribution >= 4 is 5.91 Å². The van der Waals surface area contributed by atoms with E-state index in [9.17, 15) is 4.79 Å². The molecule has 2 nitrogen and oxygen atoms in total. The lowest BCUT2D eigenvalue weighted by molar-refractivity contribution is -0.121. The Morgan fingerprint density at radius 3 is 1.44 bits per heavy atom. The van der Waals surface area contributed by atoms with Gasteiger partial charge in [0.25, 0.3) is 0 Å². The van der Waals surface area contributed by atoms with Crippen molar-refractivity contribution in [1.82, 2.24) is 5.32 Å². The molecule has 3 aromatic rings. The number of carbonyl (C=O) groups excluding carboxylic acids is 1. The zero-order valence-corrected chi connectivity index (χ0v) is 14.1. The van der Waals surface area contributed by atoms with Crippen molar-refractivity contribution in [2.75, 3.05) is 0 Å². The van der Waals surface area contributed by atoms with Crippen LogP contribution in [0.1, 0.15) is 23.1 Å². The predicted molar refractivity (Wildman–Crippen MR) is 102 cm³/mol. The average Bonchev–Trinajstić information content (AvgIpc) is 2.68. The number of hydrogen-bond acceptors (Lipinski definition) is 1. The van der Waals surface area contributed by atoms with E-state index in [0.29, 0.717) is 0 Å². The highest BCUT2D eigenvalue weighted by Gasteiger charge is 2.37. The average molecular weight is 327 g/mol. The van der Waals surface area contributed by atoms with E-state index in [0.717, 1.165) is 16.7 Å². The molecular weight excluding hydrogens is 306 g/mol. The Balaban J connectivity index is 2.27. The molecule has 0 unspecified atom stereocenters. The fraction of sp³-hybridized carbons (Fsp3) is 0.0870.